The van der Waals surface area contributed by atoms with Crippen molar-refractivity contribution in [1.82, 2.24) is 15.2 Å². The minimum Gasteiger partial charge on any atom is -0.350 e. The van der Waals surface area contributed by atoms with E-state index in [2.05, 4.69) is 16.4 Å². The molecule has 28 heavy (non-hydrogen) atoms. The molecule has 0 radical (unpaired) electrons. The second-order valence-electron chi connectivity index (χ2n) is 7.53. The first-order valence-corrected chi connectivity index (χ1v) is 9.92. The van der Waals surface area contributed by atoms with Crippen molar-refractivity contribution >= 4 is 11.8 Å². The van der Waals surface area contributed by atoms with Crippen LogP contribution >= 0.6 is 0 Å². The maximum atomic E-state index is 13.3. The van der Waals surface area contributed by atoms with E-state index in [1.807, 2.05) is 53.4 Å². The van der Waals surface area contributed by atoms with Gasteiger partial charge in [0, 0.05) is 18.3 Å². The Bertz CT molecular complexity index is 879. The molecular formula is C23H25N3O2. The number of likely N-dealkylation sites (tertiary alicyclic amines) is 1. The van der Waals surface area contributed by atoms with Gasteiger partial charge in [-0.25, -0.2) is 0 Å². The molecule has 1 aromatic carbocycles. The topological polar surface area (TPSA) is 62.3 Å². The van der Waals surface area contributed by atoms with E-state index in [4.69, 9.17) is 0 Å². The smallest absolute Gasteiger partial charge is 0.232 e. The first-order valence-electron chi connectivity index (χ1n) is 9.92. The highest BCUT2D eigenvalue weighted by Gasteiger charge is 2.49. The fourth-order valence-corrected chi connectivity index (χ4v) is 4.30. The summed E-state index contributed by atoms with van der Waals surface area (Å²) in [6, 6.07) is 15.7. The summed E-state index contributed by atoms with van der Waals surface area (Å²) >= 11 is 0. The van der Waals surface area contributed by atoms with Gasteiger partial charge in [-0.2, -0.15) is 0 Å². The van der Waals surface area contributed by atoms with Crippen molar-refractivity contribution in [2.75, 3.05) is 0 Å². The van der Waals surface area contributed by atoms with E-state index in [9.17, 15) is 9.59 Å². The van der Waals surface area contributed by atoms with Gasteiger partial charge in [0.05, 0.1) is 24.2 Å². The SMILES string of the molecule is O=C1CCC2(C(=O)NCc3ccccn3)CCCC=C2N1Cc1ccccc1. The molecule has 2 heterocycles. The zero-order valence-electron chi connectivity index (χ0n) is 15.9. The molecule has 1 fully saturated rings. The lowest BCUT2D eigenvalue weighted by Gasteiger charge is -2.46. The first-order chi connectivity index (χ1) is 13.7. The number of piperidine rings is 1. The lowest BCUT2D eigenvalue weighted by atomic mass is 9.69. The van der Waals surface area contributed by atoms with Gasteiger partial charge in [0.2, 0.25) is 11.8 Å². The molecule has 2 amide bonds. The predicted octanol–water partition coefficient (Wildman–Crippen LogP) is 3.57. The maximum absolute atomic E-state index is 13.3. The summed E-state index contributed by atoms with van der Waals surface area (Å²) in [5.74, 6) is 0.111. The Hall–Kier alpha value is -2.95. The molecule has 144 valence electrons. The van der Waals surface area contributed by atoms with Gasteiger partial charge in [-0.3, -0.25) is 14.6 Å². The Labute approximate surface area is 165 Å². The Morgan fingerprint density at radius 1 is 1.11 bits per heavy atom. The van der Waals surface area contributed by atoms with Crippen molar-refractivity contribution < 1.29 is 9.59 Å². The lowest BCUT2D eigenvalue weighted by Crippen LogP contribution is -2.52. The number of hydrogen-bond acceptors (Lipinski definition) is 3. The third-order valence-electron chi connectivity index (χ3n) is 5.77. The molecule has 1 N–H and O–H groups in total. The molecule has 1 aliphatic carbocycles. The molecule has 0 saturated carbocycles. The molecule has 4 rings (SSSR count). The van der Waals surface area contributed by atoms with Crippen LogP contribution in [-0.4, -0.2) is 21.7 Å². The molecular weight excluding hydrogens is 350 g/mol. The molecule has 1 aliphatic heterocycles. The zero-order valence-corrected chi connectivity index (χ0v) is 15.9. The molecule has 2 aromatic rings. The molecule has 1 unspecified atom stereocenters. The number of fused-ring (bicyclic) bond motifs is 1. The number of aromatic nitrogens is 1. The molecule has 5 nitrogen and oxygen atoms in total. The van der Waals surface area contributed by atoms with Gasteiger partial charge in [0.15, 0.2) is 0 Å². The van der Waals surface area contributed by atoms with Gasteiger partial charge in [-0.1, -0.05) is 42.5 Å². The largest absolute Gasteiger partial charge is 0.350 e. The van der Waals surface area contributed by atoms with E-state index in [-0.39, 0.29) is 11.8 Å². The number of nitrogens with zero attached hydrogens (tertiary/aromatic N) is 2. The van der Waals surface area contributed by atoms with Gasteiger partial charge >= 0.3 is 0 Å². The van der Waals surface area contributed by atoms with Crippen LogP contribution in [0.5, 0.6) is 0 Å². The molecule has 1 atom stereocenters. The number of allylic oxidation sites excluding steroid dienone is 1. The number of benzene rings is 1. The Kier molecular flexibility index (Phi) is 5.24. The Morgan fingerprint density at radius 2 is 1.93 bits per heavy atom. The quantitative estimate of drug-likeness (QED) is 0.869. The summed E-state index contributed by atoms with van der Waals surface area (Å²) in [4.78, 5) is 32.2. The second kappa shape index (κ2) is 7.97. The monoisotopic (exact) mass is 375 g/mol. The van der Waals surface area contributed by atoms with Crippen molar-refractivity contribution in [2.45, 2.75) is 45.2 Å². The van der Waals surface area contributed by atoms with Crippen molar-refractivity contribution in [2.24, 2.45) is 5.41 Å². The summed E-state index contributed by atoms with van der Waals surface area (Å²) in [7, 11) is 0. The number of pyridine rings is 1. The number of nitrogens with one attached hydrogen (secondary N) is 1. The van der Waals surface area contributed by atoms with Crippen LogP contribution in [0.15, 0.2) is 66.5 Å². The van der Waals surface area contributed by atoms with Gasteiger partial charge in [-0.05, 0) is 43.4 Å². The van der Waals surface area contributed by atoms with E-state index in [1.54, 1.807) is 6.20 Å². The molecule has 0 bridgehead atoms. The molecule has 0 spiro atoms. The highest BCUT2D eigenvalue weighted by molar-refractivity contribution is 5.91. The minimum atomic E-state index is -0.615. The molecule has 1 saturated heterocycles. The van der Waals surface area contributed by atoms with Gasteiger partial charge in [-0.15, -0.1) is 0 Å². The second-order valence-corrected chi connectivity index (χ2v) is 7.53. The standard InChI is InChI=1S/C23H25N3O2/c27-21-12-14-23(22(28)25-16-19-10-5-7-15-24-19)13-6-4-11-20(23)26(21)17-18-8-2-1-3-9-18/h1-3,5,7-11,15H,4,6,12-14,16-17H2,(H,25,28). The third-order valence-corrected chi connectivity index (χ3v) is 5.77. The van der Waals surface area contributed by atoms with E-state index in [1.165, 1.54) is 0 Å². The average molecular weight is 375 g/mol. The van der Waals surface area contributed by atoms with Crippen molar-refractivity contribution in [3.8, 4) is 0 Å². The lowest BCUT2D eigenvalue weighted by molar-refractivity contribution is -0.141. The Morgan fingerprint density at radius 3 is 2.71 bits per heavy atom. The summed E-state index contributed by atoms with van der Waals surface area (Å²) in [5.41, 5.74) is 2.18. The van der Waals surface area contributed by atoms with Gasteiger partial charge in [0.1, 0.15) is 0 Å². The number of rotatable bonds is 5. The normalized spacial score (nSPS) is 21.6. The summed E-state index contributed by atoms with van der Waals surface area (Å²) in [6.07, 6.45) is 7.47. The summed E-state index contributed by atoms with van der Waals surface area (Å²) < 4.78 is 0. The number of amides is 2. The van der Waals surface area contributed by atoms with Crippen molar-refractivity contribution in [1.29, 1.82) is 0 Å². The first kappa shape index (κ1) is 18.4. The Balaban J connectivity index is 1.57. The van der Waals surface area contributed by atoms with E-state index in [0.29, 0.717) is 25.9 Å². The van der Waals surface area contributed by atoms with Crippen LogP contribution in [-0.2, 0) is 22.7 Å². The number of hydrogen-bond donors (Lipinski definition) is 1. The van der Waals surface area contributed by atoms with Crippen molar-refractivity contribution in [3.05, 3.63) is 77.8 Å². The highest BCUT2D eigenvalue weighted by Crippen LogP contribution is 2.47. The molecule has 2 aliphatic rings. The summed E-state index contributed by atoms with van der Waals surface area (Å²) in [5, 5.41) is 3.08. The highest BCUT2D eigenvalue weighted by atomic mass is 16.2. The predicted molar refractivity (Wildman–Crippen MR) is 107 cm³/mol. The molecule has 5 heteroatoms. The van der Waals surface area contributed by atoms with Crippen LogP contribution < -0.4 is 5.32 Å². The molecule has 1 aromatic heterocycles. The van der Waals surface area contributed by atoms with Crippen LogP contribution in [0.3, 0.4) is 0 Å². The van der Waals surface area contributed by atoms with E-state index < -0.39 is 5.41 Å². The fourth-order valence-electron chi connectivity index (χ4n) is 4.30. The maximum Gasteiger partial charge on any atom is 0.232 e. The van der Waals surface area contributed by atoms with Crippen molar-refractivity contribution in [3.63, 3.8) is 0 Å². The van der Waals surface area contributed by atoms with E-state index >= 15 is 0 Å². The number of carbonyl (C=O) groups excluding carboxylic acids is 2. The fraction of sp³-hybridized carbons (Fsp3) is 0.348. The number of carbonyl (C=O) groups is 2. The summed E-state index contributed by atoms with van der Waals surface area (Å²) in [6.45, 7) is 0.919. The van der Waals surface area contributed by atoms with Crippen LogP contribution in [0.2, 0.25) is 0 Å². The van der Waals surface area contributed by atoms with Crippen LogP contribution in [0.1, 0.15) is 43.4 Å². The van der Waals surface area contributed by atoms with Crippen LogP contribution in [0.25, 0.3) is 0 Å². The van der Waals surface area contributed by atoms with E-state index in [0.717, 1.165) is 36.2 Å². The third kappa shape index (κ3) is 3.57. The van der Waals surface area contributed by atoms with Crippen LogP contribution in [0.4, 0.5) is 0 Å². The zero-order chi connectivity index (χ0) is 19.4. The minimum absolute atomic E-state index is 0.00895. The van der Waals surface area contributed by atoms with Gasteiger partial charge < -0.3 is 10.2 Å². The average Bonchev–Trinajstić information content (AvgIpc) is 2.75. The van der Waals surface area contributed by atoms with Crippen LogP contribution in [0, 0.1) is 5.41 Å². The van der Waals surface area contributed by atoms with Gasteiger partial charge in [0.25, 0.3) is 0 Å².